The SMILES string of the molecule is CCOCCCNCc1ccc(C(C)(C)C)s1. The predicted octanol–water partition coefficient (Wildman–Crippen LogP) is 3.56. The molecule has 0 fully saturated rings. The van der Waals surface area contributed by atoms with Gasteiger partial charge in [-0.15, -0.1) is 11.3 Å². The standard InChI is InChI=1S/C14H25NOS/c1-5-16-10-6-9-15-11-12-7-8-13(17-12)14(2,3)4/h7-8,15H,5-6,9-11H2,1-4H3. The molecule has 1 heterocycles. The number of rotatable bonds is 7. The number of ether oxygens (including phenoxy) is 1. The summed E-state index contributed by atoms with van der Waals surface area (Å²) >= 11 is 1.91. The zero-order chi connectivity index (χ0) is 12.7. The predicted molar refractivity (Wildman–Crippen MR) is 75.8 cm³/mol. The van der Waals surface area contributed by atoms with Crippen LogP contribution in [-0.2, 0) is 16.7 Å². The first kappa shape index (κ1) is 14.7. The van der Waals surface area contributed by atoms with Gasteiger partial charge in [-0.25, -0.2) is 0 Å². The van der Waals surface area contributed by atoms with Gasteiger partial charge >= 0.3 is 0 Å². The van der Waals surface area contributed by atoms with E-state index in [-0.39, 0.29) is 5.41 Å². The number of hydrogen-bond acceptors (Lipinski definition) is 3. The smallest absolute Gasteiger partial charge is 0.0477 e. The second kappa shape index (κ2) is 7.14. The first-order chi connectivity index (χ1) is 8.04. The van der Waals surface area contributed by atoms with Crippen LogP contribution in [0.2, 0.25) is 0 Å². The molecule has 0 aromatic carbocycles. The zero-order valence-electron chi connectivity index (χ0n) is 11.5. The lowest BCUT2D eigenvalue weighted by Crippen LogP contribution is -2.15. The molecule has 3 heteroatoms. The molecule has 0 saturated carbocycles. The number of hydrogen-bond donors (Lipinski definition) is 1. The summed E-state index contributed by atoms with van der Waals surface area (Å²) < 4.78 is 5.30. The molecule has 0 bridgehead atoms. The molecular formula is C14H25NOS. The third-order valence-electron chi connectivity index (χ3n) is 2.55. The van der Waals surface area contributed by atoms with Crippen LogP contribution in [0, 0.1) is 0 Å². The first-order valence-corrected chi connectivity index (χ1v) is 7.23. The van der Waals surface area contributed by atoms with E-state index in [0.717, 1.165) is 32.7 Å². The summed E-state index contributed by atoms with van der Waals surface area (Å²) in [6.07, 6.45) is 1.09. The number of thiophene rings is 1. The van der Waals surface area contributed by atoms with E-state index in [0.29, 0.717) is 0 Å². The first-order valence-electron chi connectivity index (χ1n) is 6.41. The fourth-order valence-corrected chi connectivity index (χ4v) is 2.57. The minimum atomic E-state index is 0.276. The van der Waals surface area contributed by atoms with Crippen LogP contribution in [0.15, 0.2) is 12.1 Å². The molecule has 1 N–H and O–H groups in total. The molecule has 1 aromatic heterocycles. The molecule has 98 valence electrons. The molecule has 0 atom stereocenters. The molecule has 0 amide bonds. The van der Waals surface area contributed by atoms with Gasteiger partial charge in [-0.05, 0) is 37.4 Å². The normalized spacial score (nSPS) is 12.0. The fourth-order valence-electron chi connectivity index (χ4n) is 1.53. The molecule has 1 aromatic rings. The Kier molecular flexibility index (Phi) is 6.17. The van der Waals surface area contributed by atoms with Crippen molar-refractivity contribution in [3.63, 3.8) is 0 Å². The molecule has 0 radical (unpaired) electrons. The lowest BCUT2D eigenvalue weighted by molar-refractivity contribution is 0.144. The molecule has 0 spiro atoms. The van der Waals surface area contributed by atoms with Crippen molar-refractivity contribution in [2.75, 3.05) is 19.8 Å². The van der Waals surface area contributed by atoms with Gasteiger partial charge in [-0.2, -0.15) is 0 Å². The maximum Gasteiger partial charge on any atom is 0.0477 e. The Labute approximate surface area is 109 Å². The summed E-state index contributed by atoms with van der Waals surface area (Å²) in [5.41, 5.74) is 0.276. The highest BCUT2D eigenvalue weighted by molar-refractivity contribution is 7.12. The fraction of sp³-hybridized carbons (Fsp3) is 0.714. The summed E-state index contributed by atoms with van der Waals surface area (Å²) in [6, 6.07) is 4.49. The minimum absolute atomic E-state index is 0.276. The van der Waals surface area contributed by atoms with Gasteiger partial charge in [0, 0.05) is 29.5 Å². The molecule has 0 unspecified atom stereocenters. The van der Waals surface area contributed by atoms with E-state index in [1.807, 2.05) is 18.3 Å². The Hall–Kier alpha value is -0.380. The van der Waals surface area contributed by atoms with E-state index >= 15 is 0 Å². The lowest BCUT2D eigenvalue weighted by atomic mass is 9.95. The van der Waals surface area contributed by atoms with Crippen molar-refractivity contribution in [3.8, 4) is 0 Å². The van der Waals surface area contributed by atoms with Crippen LogP contribution in [-0.4, -0.2) is 19.8 Å². The Bertz CT molecular complexity index is 314. The molecule has 2 nitrogen and oxygen atoms in total. The van der Waals surface area contributed by atoms with Crippen LogP contribution in [0.3, 0.4) is 0 Å². The van der Waals surface area contributed by atoms with Crippen LogP contribution >= 0.6 is 11.3 Å². The monoisotopic (exact) mass is 255 g/mol. The van der Waals surface area contributed by atoms with E-state index in [1.165, 1.54) is 9.75 Å². The van der Waals surface area contributed by atoms with Crippen LogP contribution in [0.25, 0.3) is 0 Å². The second-order valence-electron chi connectivity index (χ2n) is 5.24. The number of nitrogens with one attached hydrogen (secondary N) is 1. The largest absolute Gasteiger partial charge is 0.382 e. The van der Waals surface area contributed by atoms with E-state index < -0.39 is 0 Å². The molecule has 0 aliphatic heterocycles. The summed E-state index contributed by atoms with van der Waals surface area (Å²) in [5.74, 6) is 0. The van der Waals surface area contributed by atoms with Crippen molar-refractivity contribution >= 4 is 11.3 Å². The van der Waals surface area contributed by atoms with Crippen LogP contribution in [0.1, 0.15) is 43.9 Å². The molecular weight excluding hydrogens is 230 g/mol. The highest BCUT2D eigenvalue weighted by Gasteiger charge is 2.15. The van der Waals surface area contributed by atoms with Gasteiger partial charge in [0.25, 0.3) is 0 Å². The van der Waals surface area contributed by atoms with Gasteiger partial charge in [0.15, 0.2) is 0 Å². The highest BCUT2D eigenvalue weighted by atomic mass is 32.1. The van der Waals surface area contributed by atoms with E-state index in [2.05, 4.69) is 38.2 Å². The Morgan fingerprint density at radius 3 is 2.65 bits per heavy atom. The average Bonchev–Trinajstić information content (AvgIpc) is 2.71. The third kappa shape index (κ3) is 5.66. The Balaban J connectivity index is 2.21. The van der Waals surface area contributed by atoms with Gasteiger partial charge in [-0.1, -0.05) is 20.8 Å². The Morgan fingerprint density at radius 2 is 2.06 bits per heavy atom. The molecule has 0 aliphatic rings. The summed E-state index contributed by atoms with van der Waals surface area (Å²) in [6.45, 7) is 12.5. The highest BCUT2D eigenvalue weighted by Crippen LogP contribution is 2.29. The van der Waals surface area contributed by atoms with Gasteiger partial charge in [0.05, 0.1) is 0 Å². The van der Waals surface area contributed by atoms with Crippen molar-refractivity contribution in [3.05, 3.63) is 21.9 Å². The van der Waals surface area contributed by atoms with E-state index in [9.17, 15) is 0 Å². The van der Waals surface area contributed by atoms with Crippen molar-refractivity contribution in [2.24, 2.45) is 0 Å². The zero-order valence-corrected chi connectivity index (χ0v) is 12.3. The molecule has 1 rings (SSSR count). The van der Waals surface area contributed by atoms with Crippen molar-refractivity contribution in [1.29, 1.82) is 0 Å². The topological polar surface area (TPSA) is 21.3 Å². The van der Waals surface area contributed by atoms with Crippen LogP contribution < -0.4 is 5.32 Å². The van der Waals surface area contributed by atoms with Crippen molar-refractivity contribution in [1.82, 2.24) is 5.32 Å². The van der Waals surface area contributed by atoms with E-state index in [1.54, 1.807) is 0 Å². The summed E-state index contributed by atoms with van der Waals surface area (Å²) in [4.78, 5) is 2.88. The quantitative estimate of drug-likeness (QED) is 0.752. The van der Waals surface area contributed by atoms with E-state index in [4.69, 9.17) is 4.74 Å². The maximum absolute atomic E-state index is 5.30. The Morgan fingerprint density at radius 1 is 1.29 bits per heavy atom. The minimum Gasteiger partial charge on any atom is -0.382 e. The van der Waals surface area contributed by atoms with Crippen molar-refractivity contribution in [2.45, 2.75) is 46.1 Å². The molecule has 0 saturated heterocycles. The molecule has 0 aliphatic carbocycles. The van der Waals surface area contributed by atoms with Crippen molar-refractivity contribution < 1.29 is 4.74 Å². The van der Waals surface area contributed by atoms with Gasteiger partial charge in [0.2, 0.25) is 0 Å². The lowest BCUT2D eigenvalue weighted by Gasteiger charge is -2.15. The van der Waals surface area contributed by atoms with Crippen LogP contribution in [0.4, 0.5) is 0 Å². The summed E-state index contributed by atoms with van der Waals surface area (Å²) in [5, 5.41) is 3.46. The van der Waals surface area contributed by atoms with Gasteiger partial charge in [-0.3, -0.25) is 0 Å². The summed E-state index contributed by atoms with van der Waals surface area (Å²) in [7, 11) is 0. The maximum atomic E-state index is 5.30. The van der Waals surface area contributed by atoms with Gasteiger partial charge in [0.1, 0.15) is 0 Å². The van der Waals surface area contributed by atoms with Gasteiger partial charge < -0.3 is 10.1 Å². The second-order valence-corrected chi connectivity index (χ2v) is 6.41. The third-order valence-corrected chi connectivity index (χ3v) is 4.06. The molecule has 17 heavy (non-hydrogen) atoms. The average molecular weight is 255 g/mol. The van der Waals surface area contributed by atoms with Crippen LogP contribution in [0.5, 0.6) is 0 Å².